The lowest BCUT2D eigenvalue weighted by Gasteiger charge is -2.46. The fraction of sp³-hybridized carbons (Fsp3) is 0.895. The van der Waals surface area contributed by atoms with Crippen LogP contribution in [0.1, 0.15) is 71.6 Å². The Bertz CT molecular complexity index is 439. The van der Waals surface area contributed by atoms with E-state index in [2.05, 4.69) is 13.0 Å². The van der Waals surface area contributed by atoms with Crippen molar-refractivity contribution >= 4 is 5.97 Å². The second-order valence-corrected chi connectivity index (χ2v) is 7.22. The highest BCUT2D eigenvalue weighted by atomic mass is 16.7. The Morgan fingerprint density at radius 3 is 2.38 bits per heavy atom. The van der Waals surface area contributed by atoms with Gasteiger partial charge in [-0.15, -0.1) is 0 Å². The summed E-state index contributed by atoms with van der Waals surface area (Å²) in [6.45, 7) is 5.33. The van der Waals surface area contributed by atoms with E-state index in [1.165, 1.54) is 12.8 Å². The molecule has 2 rings (SSSR count). The molecule has 0 aromatic carbocycles. The summed E-state index contributed by atoms with van der Waals surface area (Å²) >= 11 is 0. The third kappa shape index (κ3) is 4.70. The van der Waals surface area contributed by atoms with Crippen LogP contribution in [-0.2, 0) is 19.0 Å². The van der Waals surface area contributed by atoms with Crippen molar-refractivity contribution in [3.8, 4) is 6.07 Å². The Morgan fingerprint density at radius 1 is 1.17 bits per heavy atom. The summed E-state index contributed by atoms with van der Waals surface area (Å²) in [5.74, 6) is -0.739. The molecule has 0 bridgehead atoms. The van der Waals surface area contributed by atoms with Crippen LogP contribution >= 0.6 is 0 Å². The summed E-state index contributed by atoms with van der Waals surface area (Å²) < 4.78 is 17.2. The molecular formula is C19H31NO4. The SMILES string of the molecule is CCCCCCC1(C#N)COC2(CCC(C(=O)OCC)CC2)OC1. The predicted octanol–water partition coefficient (Wildman–Crippen LogP) is 3.96. The first-order valence-electron chi connectivity index (χ1n) is 9.44. The normalized spacial score (nSPS) is 33.1. The minimum absolute atomic E-state index is 0.0422. The zero-order valence-corrected chi connectivity index (χ0v) is 15.1. The van der Waals surface area contributed by atoms with Crippen molar-refractivity contribution in [1.29, 1.82) is 5.26 Å². The fourth-order valence-electron chi connectivity index (χ4n) is 3.62. The van der Waals surface area contributed by atoms with Gasteiger partial charge in [0, 0.05) is 12.8 Å². The zero-order chi connectivity index (χ0) is 17.5. The van der Waals surface area contributed by atoms with Gasteiger partial charge < -0.3 is 14.2 Å². The number of rotatable bonds is 7. The first-order chi connectivity index (χ1) is 11.6. The van der Waals surface area contributed by atoms with Crippen molar-refractivity contribution in [3.05, 3.63) is 0 Å². The van der Waals surface area contributed by atoms with Gasteiger partial charge in [0.15, 0.2) is 5.79 Å². The number of hydrogen-bond donors (Lipinski definition) is 0. The number of hydrogen-bond acceptors (Lipinski definition) is 5. The molecule has 1 aliphatic heterocycles. The van der Waals surface area contributed by atoms with Crippen molar-refractivity contribution < 1.29 is 19.0 Å². The van der Waals surface area contributed by atoms with E-state index in [4.69, 9.17) is 14.2 Å². The molecule has 0 amide bonds. The van der Waals surface area contributed by atoms with E-state index in [1.807, 2.05) is 6.92 Å². The first-order valence-corrected chi connectivity index (χ1v) is 9.44. The molecule has 0 N–H and O–H groups in total. The molecule has 5 heteroatoms. The lowest BCUT2D eigenvalue weighted by Crippen LogP contribution is -2.51. The topological polar surface area (TPSA) is 68.5 Å². The molecule has 1 spiro atoms. The third-order valence-corrected chi connectivity index (χ3v) is 5.34. The lowest BCUT2D eigenvalue weighted by atomic mass is 9.81. The van der Waals surface area contributed by atoms with Crippen LogP contribution in [0.3, 0.4) is 0 Å². The van der Waals surface area contributed by atoms with Crippen LogP contribution in [-0.4, -0.2) is 31.6 Å². The third-order valence-electron chi connectivity index (χ3n) is 5.34. The summed E-state index contributed by atoms with van der Waals surface area (Å²) in [5, 5.41) is 9.59. The molecule has 0 aromatic heterocycles. The van der Waals surface area contributed by atoms with Crippen LogP contribution in [0.15, 0.2) is 0 Å². The zero-order valence-electron chi connectivity index (χ0n) is 15.1. The van der Waals surface area contributed by atoms with Gasteiger partial charge in [-0.2, -0.15) is 5.26 Å². The monoisotopic (exact) mass is 337 g/mol. The number of ether oxygens (including phenoxy) is 3. The Balaban J connectivity index is 1.81. The van der Waals surface area contributed by atoms with Crippen LogP contribution in [0.4, 0.5) is 0 Å². The van der Waals surface area contributed by atoms with E-state index in [-0.39, 0.29) is 11.9 Å². The maximum Gasteiger partial charge on any atom is 0.308 e. The van der Waals surface area contributed by atoms with Crippen molar-refractivity contribution in [2.75, 3.05) is 19.8 Å². The Labute approximate surface area is 145 Å². The number of nitriles is 1. The highest BCUT2D eigenvalue weighted by Crippen LogP contribution is 2.42. The highest BCUT2D eigenvalue weighted by molar-refractivity contribution is 5.72. The summed E-state index contributed by atoms with van der Waals surface area (Å²) in [5.41, 5.74) is -0.503. The van der Waals surface area contributed by atoms with Gasteiger partial charge in [-0.1, -0.05) is 32.6 Å². The van der Waals surface area contributed by atoms with Gasteiger partial charge in [0.1, 0.15) is 5.41 Å². The lowest BCUT2D eigenvalue weighted by molar-refractivity contribution is -0.309. The number of carbonyl (C=O) groups is 1. The van der Waals surface area contributed by atoms with E-state index < -0.39 is 11.2 Å². The maximum absolute atomic E-state index is 11.8. The summed E-state index contributed by atoms with van der Waals surface area (Å²) in [4.78, 5) is 11.8. The van der Waals surface area contributed by atoms with E-state index in [1.54, 1.807) is 0 Å². The molecule has 0 unspecified atom stereocenters. The van der Waals surface area contributed by atoms with E-state index >= 15 is 0 Å². The molecule has 0 atom stereocenters. The van der Waals surface area contributed by atoms with Crippen molar-refractivity contribution in [2.24, 2.45) is 11.3 Å². The van der Waals surface area contributed by atoms with Gasteiger partial charge >= 0.3 is 5.97 Å². The molecule has 2 fully saturated rings. The van der Waals surface area contributed by atoms with Crippen LogP contribution < -0.4 is 0 Å². The molecule has 1 saturated carbocycles. The van der Waals surface area contributed by atoms with Gasteiger partial charge in [0.25, 0.3) is 0 Å². The van der Waals surface area contributed by atoms with Crippen molar-refractivity contribution in [3.63, 3.8) is 0 Å². The van der Waals surface area contributed by atoms with Gasteiger partial charge in [-0.05, 0) is 26.2 Å². The summed E-state index contributed by atoms with van der Waals surface area (Å²) in [6, 6.07) is 2.44. The Morgan fingerprint density at radius 2 is 1.83 bits per heavy atom. The number of carbonyl (C=O) groups excluding carboxylic acids is 1. The minimum Gasteiger partial charge on any atom is -0.466 e. The quantitative estimate of drug-likeness (QED) is 0.519. The molecule has 1 saturated heterocycles. The molecule has 1 heterocycles. The maximum atomic E-state index is 11.8. The van der Waals surface area contributed by atoms with E-state index in [0.717, 1.165) is 32.1 Å². The Hall–Kier alpha value is -1.12. The number of unbranched alkanes of at least 4 members (excludes halogenated alkanes) is 3. The van der Waals surface area contributed by atoms with Gasteiger partial charge in [0.2, 0.25) is 0 Å². The molecule has 0 aromatic rings. The average Bonchev–Trinajstić information content (AvgIpc) is 2.62. The van der Waals surface area contributed by atoms with Gasteiger partial charge in [-0.3, -0.25) is 4.79 Å². The summed E-state index contributed by atoms with van der Waals surface area (Å²) in [6.07, 6.45) is 8.31. The van der Waals surface area contributed by atoms with E-state index in [0.29, 0.717) is 32.7 Å². The molecule has 136 valence electrons. The fourth-order valence-corrected chi connectivity index (χ4v) is 3.62. The molecule has 0 radical (unpaired) electrons. The van der Waals surface area contributed by atoms with Crippen LogP contribution in [0.2, 0.25) is 0 Å². The average molecular weight is 337 g/mol. The first kappa shape index (κ1) is 19.2. The van der Waals surface area contributed by atoms with Gasteiger partial charge in [0.05, 0.1) is 31.8 Å². The second-order valence-electron chi connectivity index (χ2n) is 7.22. The molecule has 5 nitrogen and oxygen atoms in total. The van der Waals surface area contributed by atoms with Crippen LogP contribution in [0.5, 0.6) is 0 Å². The minimum atomic E-state index is -0.591. The van der Waals surface area contributed by atoms with E-state index in [9.17, 15) is 10.1 Å². The molecular weight excluding hydrogens is 306 g/mol. The highest BCUT2D eigenvalue weighted by Gasteiger charge is 2.47. The van der Waals surface area contributed by atoms with Crippen molar-refractivity contribution in [1.82, 2.24) is 0 Å². The van der Waals surface area contributed by atoms with Crippen LogP contribution in [0, 0.1) is 22.7 Å². The molecule has 2 aliphatic rings. The smallest absolute Gasteiger partial charge is 0.308 e. The van der Waals surface area contributed by atoms with Crippen molar-refractivity contribution in [2.45, 2.75) is 77.4 Å². The largest absolute Gasteiger partial charge is 0.466 e. The summed E-state index contributed by atoms with van der Waals surface area (Å²) in [7, 11) is 0. The standard InChI is InChI=1S/C19H31NO4/c1-3-5-6-7-10-18(13-20)14-23-19(24-15-18)11-8-16(9-12-19)17(21)22-4-2/h16H,3-12,14-15H2,1-2H3. The Kier molecular flexibility index (Phi) is 7.06. The molecule has 24 heavy (non-hydrogen) atoms. The molecule has 1 aliphatic carbocycles. The van der Waals surface area contributed by atoms with Gasteiger partial charge in [-0.25, -0.2) is 0 Å². The second kappa shape index (κ2) is 8.82. The number of nitrogens with zero attached hydrogens (tertiary/aromatic N) is 1. The van der Waals surface area contributed by atoms with Crippen LogP contribution in [0.25, 0.3) is 0 Å². The predicted molar refractivity (Wildman–Crippen MR) is 90.0 cm³/mol. The number of esters is 1.